The molecule has 2 rings (SSSR count). The van der Waals surface area contributed by atoms with Crippen molar-refractivity contribution >= 4 is 18.3 Å². The Hall–Kier alpha value is -1.20. The molecule has 20 heavy (non-hydrogen) atoms. The molecule has 0 aromatic heterocycles. The van der Waals surface area contributed by atoms with Crippen LogP contribution in [0.3, 0.4) is 0 Å². The van der Waals surface area contributed by atoms with E-state index in [1.807, 2.05) is 6.92 Å². The molecule has 1 atom stereocenters. The lowest BCUT2D eigenvalue weighted by Gasteiger charge is -2.28. The highest BCUT2D eigenvalue weighted by molar-refractivity contribution is 5.94. The maximum Gasteiger partial charge on any atom is 0.257 e. The first-order valence-electron chi connectivity index (χ1n) is 6.60. The highest BCUT2D eigenvalue weighted by atomic mass is 35.5. The zero-order valence-corrected chi connectivity index (χ0v) is 12.2. The highest BCUT2D eigenvalue weighted by Gasteiger charge is 2.28. The van der Waals surface area contributed by atoms with Gasteiger partial charge in [-0.05, 0) is 31.5 Å². The van der Waals surface area contributed by atoms with Crippen molar-refractivity contribution < 1.29 is 13.6 Å². The van der Waals surface area contributed by atoms with E-state index in [-0.39, 0.29) is 29.9 Å². The van der Waals surface area contributed by atoms with Crippen LogP contribution in [0.4, 0.5) is 8.78 Å². The average Bonchev–Trinajstić information content (AvgIpc) is 2.89. The molecule has 3 nitrogen and oxygen atoms in total. The molecule has 0 radical (unpaired) electrons. The lowest BCUT2D eigenvalue weighted by molar-refractivity contribution is 0.0687. The third-order valence-electron chi connectivity index (χ3n) is 3.36. The fraction of sp³-hybridized carbons (Fsp3) is 0.500. The summed E-state index contributed by atoms with van der Waals surface area (Å²) in [6.07, 6.45) is 1.68. The molecule has 1 aromatic rings. The Morgan fingerprint density at radius 3 is 2.75 bits per heavy atom. The van der Waals surface area contributed by atoms with Gasteiger partial charge in [0.15, 0.2) is 0 Å². The Bertz CT molecular complexity index is 464. The van der Waals surface area contributed by atoms with E-state index in [0.29, 0.717) is 6.54 Å². The number of benzene rings is 1. The van der Waals surface area contributed by atoms with Gasteiger partial charge in [-0.15, -0.1) is 12.4 Å². The average molecular weight is 305 g/mol. The molecular formula is C14H19ClF2N2O. The summed E-state index contributed by atoms with van der Waals surface area (Å²) >= 11 is 0. The number of amides is 1. The van der Waals surface area contributed by atoms with Gasteiger partial charge in [-0.3, -0.25) is 4.79 Å². The van der Waals surface area contributed by atoms with Gasteiger partial charge in [-0.1, -0.05) is 6.92 Å². The number of rotatable bonds is 4. The molecule has 1 N–H and O–H groups in total. The molecular weight excluding hydrogens is 286 g/mol. The number of hydrogen-bond donors (Lipinski definition) is 1. The summed E-state index contributed by atoms with van der Waals surface area (Å²) in [6.45, 7) is 4.16. The van der Waals surface area contributed by atoms with Gasteiger partial charge in [0.05, 0.1) is 5.56 Å². The zero-order valence-electron chi connectivity index (χ0n) is 11.4. The molecule has 0 aliphatic carbocycles. The Morgan fingerprint density at radius 2 is 2.20 bits per heavy atom. The summed E-state index contributed by atoms with van der Waals surface area (Å²) < 4.78 is 26.6. The van der Waals surface area contributed by atoms with Gasteiger partial charge in [0, 0.05) is 25.2 Å². The fourth-order valence-corrected chi connectivity index (χ4v) is 2.41. The number of hydrogen-bond acceptors (Lipinski definition) is 2. The number of nitrogens with one attached hydrogen (secondary N) is 1. The topological polar surface area (TPSA) is 32.3 Å². The van der Waals surface area contributed by atoms with Crippen LogP contribution in [0.2, 0.25) is 0 Å². The van der Waals surface area contributed by atoms with E-state index in [1.54, 1.807) is 4.90 Å². The van der Waals surface area contributed by atoms with Crippen LogP contribution in [0.1, 0.15) is 30.1 Å². The molecule has 112 valence electrons. The van der Waals surface area contributed by atoms with Crippen LogP contribution in [0.15, 0.2) is 18.2 Å². The summed E-state index contributed by atoms with van der Waals surface area (Å²) in [5.74, 6) is -1.82. The highest BCUT2D eigenvalue weighted by Crippen LogP contribution is 2.17. The van der Waals surface area contributed by atoms with E-state index < -0.39 is 11.6 Å². The normalized spacial score (nSPS) is 17.6. The summed E-state index contributed by atoms with van der Waals surface area (Å²) in [6, 6.07) is 3.19. The summed E-state index contributed by atoms with van der Waals surface area (Å²) in [7, 11) is 0. The summed E-state index contributed by atoms with van der Waals surface area (Å²) in [4.78, 5) is 14.1. The van der Waals surface area contributed by atoms with E-state index in [1.165, 1.54) is 6.07 Å². The van der Waals surface area contributed by atoms with Crippen molar-refractivity contribution in [3.63, 3.8) is 0 Å². The molecule has 1 amide bonds. The zero-order chi connectivity index (χ0) is 13.8. The maximum atomic E-state index is 13.7. The van der Waals surface area contributed by atoms with Crippen LogP contribution in [-0.4, -0.2) is 36.5 Å². The predicted octanol–water partition coefficient (Wildman–Crippen LogP) is 2.60. The predicted molar refractivity (Wildman–Crippen MR) is 76.2 cm³/mol. The van der Waals surface area contributed by atoms with Crippen molar-refractivity contribution in [2.45, 2.75) is 25.8 Å². The third-order valence-corrected chi connectivity index (χ3v) is 3.36. The van der Waals surface area contributed by atoms with Gasteiger partial charge in [-0.2, -0.15) is 0 Å². The van der Waals surface area contributed by atoms with E-state index in [4.69, 9.17) is 0 Å². The van der Waals surface area contributed by atoms with E-state index in [0.717, 1.165) is 38.1 Å². The minimum Gasteiger partial charge on any atom is -0.334 e. The van der Waals surface area contributed by atoms with E-state index in [2.05, 4.69) is 5.32 Å². The van der Waals surface area contributed by atoms with Gasteiger partial charge in [0.1, 0.15) is 11.6 Å². The third kappa shape index (κ3) is 3.67. The van der Waals surface area contributed by atoms with Gasteiger partial charge < -0.3 is 10.2 Å². The van der Waals surface area contributed by atoms with Crippen molar-refractivity contribution in [3.05, 3.63) is 35.4 Å². The van der Waals surface area contributed by atoms with Crippen molar-refractivity contribution in [1.29, 1.82) is 0 Å². The Balaban J connectivity index is 0.00000200. The molecule has 0 spiro atoms. The molecule has 1 aromatic carbocycles. The Labute approximate surface area is 123 Å². The number of carbonyl (C=O) groups excluding carboxylic acids is 1. The molecule has 0 saturated carbocycles. The monoisotopic (exact) mass is 304 g/mol. The first-order chi connectivity index (χ1) is 9.13. The smallest absolute Gasteiger partial charge is 0.257 e. The number of nitrogens with zero attached hydrogens (tertiary/aromatic N) is 1. The van der Waals surface area contributed by atoms with Crippen LogP contribution in [-0.2, 0) is 0 Å². The summed E-state index contributed by atoms with van der Waals surface area (Å²) in [5.41, 5.74) is -0.0539. The van der Waals surface area contributed by atoms with E-state index >= 15 is 0 Å². The molecule has 1 aliphatic heterocycles. The van der Waals surface area contributed by atoms with Crippen LogP contribution < -0.4 is 5.32 Å². The lowest BCUT2D eigenvalue weighted by Crippen LogP contribution is -2.42. The fourth-order valence-electron chi connectivity index (χ4n) is 2.41. The van der Waals surface area contributed by atoms with E-state index in [9.17, 15) is 13.6 Å². The molecule has 0 bridgehead atoms. The Morgan fingerprint density at radius 1 is 1.45 bits per heavy atom. The van der Waals surface area contributed by atoms with Crippen molar-refractivity contribution in [1.82, 2.24) is 10.2 Å². The standard InChI is InChI=1S/C14H18F2N2O.ClH/c1-2-7-18(11-5-6-17-9-11)14(19)12-4-3-10(15)8-13(12)16;/h3-4,8,11,17H,2,5-7,9H2,1H3;1H. The van der Waals surface area contributed by atoms with Crippen LogP contribution in [0.25, 0.3) is 0 Å². The second kappa shape index (κ2) is 7.55. The number of halogens is 3. The molecule has 1 unspecified atom stereocenters. The van der Waals surface area contributed by atoms with Crippen LogP contribution in [0, 0.1) is 11.6 Å². The first kappa shape index (κ1) is 16.9. The molecule has 1 heterocycles. The maximum absolute atomic E-state index is 13.7. The van der Waals surface area contributed by atoms with Gasteiger partial charge in [-0.25, -0.2) is 8.78 Å². The SMILES string of the molecule is CCCN(C(=O)c1ccc(F)cc1F)C1CCNC1.Cl. The largest absolute Gasteiger partial charge is 0.334 e. The van der Waals surface area contributed by atoms with Crippen molar-refractivity contribution in [3.8, 4) is 0 Å². The summed E-state index contributed by atoms with van der Waals surface area (Å²) in [5, 5.41) is 3.19. The lowest BCUT2D eigenvalue weighted by atomic mass is 10.1. The van der Waals surface area contributed by atoms with Crippen molar-refractivity contribution in [2.75, 3.05) is 19.6 Å². The quantitative estimate of drug-likeness (QED) is 0.927. The van der Waals surface area contributed by atoms with Gasteiger partial charge in [0.2, 0.25) is 0 Å². The minimum absolute atomic E-state index is 0. The molecule has 1 saturated heterocycles. The minimum atomic E-state index is -0.794. The Kier molecular flexibility index (Phi) is 6.36. The van der Waals surface area contributed by atoms with Crippen LogP contribution in [0.5, 0.6) is 0 Å². The van der Waals surface area contributed by atoms with Crippen LogP contribution >= 0.6 is 12.4 Å². The van der Waals surface area contributed by atoms with Gasteiger partial charge in [0.25, 0.3) is 5.91 Å². The van der Waals surface area contributed by atoms with Gasteiger partial charge >= 0.3 is 0 Å². The van der Waals surface area contributed by atoms with Crippen molar-refractivity contribution in [2.24, 2.45) is 0 Å². The molecule has 1 aliphatic rings. The number of carbonyl (C=O) groups is 1. The second-order valence-corrected chi connectivity index (χ2v) is 4.77. The first-order valence-corrected chi connectivity index (χ1v) is 6.60. The second-order valence-electron chi connectivity index (χ2n) is 4.77. The molecule has 1 fully saturated rings. The molecule has 6 heteroatoms.